The lowest BCUT2D eigenvalue weighted by molar-refractivity contribution is -0.134. The van der Waals surface area contributed by atoms with Gasteiger partial charge in [-0.15, -0.1) is 11.3 Å². The van der Waals surface area contributed by atoms with Gasteiger partial charge in [-0.05, 0) is 23.9 Å². The van der Waals surface area contributed by atoms with Gasteiger partial charge in [0.15, 0.2) is 5.13 Å². The molecule has 20 heavy (non-hydrogen) atoms. The number of carbonyl (C=O) groups excluding carboxylic acids is 1. The van der Waals surface area contributed by atoms with Crippen LogP contribution in [0.25, 0.3) is 0 Å². The van der Waals surface area contributed by atoms with Crippen LogP contribution < -0.4 is 11.1 Å². The molecule has 2 aromatic rings. The van der Waals surface area contributed by atoms with Crippen molar-refractivity contribution in [3.63, 3.8) is 0 Å². The van der Waals surface area contributed by atoms with Gasteiger partial charge in [0.25, 0.3) is 5.91 Å². The molecule has 0 saturated carbocycles. The molecule has 3 N–H and O–H groups in total. The maximum absolute atomic E-state index is 12.4. The van der Waals surface area contributed by atoms with Gasteiger partial charge < -0.3 is 11.1 Å². The monoisotopic (exact) mass is 321 g/mol. The van der Waals surface area contributed by atoms with E-state index in [1.807, 2.05) is 0 Å². The summed E-state index contributed by atoms with van der Waals surface area (Å²) in [5.74, 6) is -0.392. The zero-order valence-corrected chi connectivity index (χ0v) is 11.9. The molecular formula is C11H10F3N3OS2. The van der Waals surface area contributed by atoms with Crippen molar-refractivity contribution in [1.29, 1.82) is 0 Å². The van der Waals surface area contributed by atoms with Crippen LogP contribution in [-0.4, -0.2) is 10.9 Å². The number of nitrogens with zero attached hydrogens (tertiary/aromatic N) is 1. The second-order valence-electron chi connectivity index (χ2n) is 3.97. The minimum absolute atomic E-state index is 0.0304. The van der Waals surface area contributed by atoms with Crippen LogP contribution in [0.1, 0.15) is 25.8 Å². The summed E-state index contributed by atoms with van der Waals surface area (Å²) in [4.78, 5) is 15.4. The molecule has 2 heterocycles. The summed E-state index contributed by atoms with van der Waals surface area (Å²) in [6.07, 6.45) is -4.35. The summed E-state index contributed by atoms with van der Waals surface area (Å²) >= 11 is 1.65. The van der Waals surface area contributed by atoms with Crippen molar-refractivity contribution >= 4 is 33.7 Å². The first-order valence-electron chi connectivity index (χ1n) is 5.43. The summed E-state index contributed by atoms with van der Waals surface area (Å²) in [5.41, 5.74) is 6.39. The summed E-state index contributed by atoms with van der Waals surface area (Å²) in [6, 6.07) is 1.03. The van der Waals surface area contributed by atoms with Gasteiger partial charge in [-0.25, -0.2) is 4.98 Å². The van der Waals surface area contributed by atoms with E-state index in [-0.39, 0.29) is 11.7 Å². The number of thiophene rings is 1. The topological polar surface area (TPSA) is 68.0 Å². The fourth-order valence-electron chi connectivity index (χ4n) is 1.51. The molecular weight excluding hydrogens is 311 g/mol. The van der Waals surface area contributed by atoms with E-state index in [9.17, 15) is 18.0 Å². The summed E-state index contributed by atoms with van der Waals surface area (Å²) in [6.45, 7) is 1.68. The van der Waals surface area contributed by atoms with Crippen molar-refractivity contribution in [2.45, 2.75) is 19.6 Å². The minimum Gasteiger partial charge on any atom is -0.375 e. The summed E-state index contributed by atoms with van der Waals surface area (Å²) in [7, 11) is 0. The molecule has 0 aromatic carbocycles. The number of hydrogen-bond donors (Lipinski definition) is 2. The average Bonchev–Trinajstić information content (AvgIpc) is 2.92. The number of nitrogen functional groups attached to an aromatic ring is 1. The van der Waals surface area contributed by atoms with Gasteiger partial charge in [-0.2, -0.15) is 13.2 Å². The second-order valence-corrected chi connectivity index (χ2v) is 5.91. The first-order valence-corrected chi connectivity index (χ1v) is 7.12. The van der Waals surface area contributed by atoms with Crippen LogP contribution in [0.2, 0.25) is 0 Å². The first-order chi connectivity index (χ1) is 9.27. The van der Waals surface area contributed by atoms with E-state index in [4.69, 9.17) is 5.73 Å². The molecule has 0 aliphatic carbocycles. The van der Waals surface area contributed by atoms with Gasteiger partial charge in [0.1, 0.15) is 9.75 Å². The van der Waals surface area contributed by atoms with Gasteiger partial charge in [-0.3, -0.25) is 4.79 Å². The Bertz CT molecular complexity index is 633. The molecule has 0 saturated heterocycles. The van der Waals surface area contributed by atoms with Gasteiger partial charge in [-0.1, -0.05) is 11.3 Å². The van der Waals surface area contributed by atoms with Crippen LogP contribution in [0.15, 0.2) is 11.4 Å². The largest absolute Gasteiger partial charge is 0.425 e. The fraction of sp³-hybridized carbons (Fsp3) is 0.273. The number of aromatic nitrogens is 1. The van der Waals surface area contributed by atoms with E-state index >= 15 is 0 Å². The molecule has 0 radical (unpaired) electrons. The molecule has 0 atom stereocenters. The third-order valence-electron chi connectivity index (χ3n) is 2.41. The first kappa shape index (κ1) is 14.8. The Morgan fingerprint density at radius 1 is 1.50 bits per heavy atom. The van der Waals surface area contributed by atoms with Crippen LogP contribution in [0.4, 0.5) is 18.3 Å². The minimum atomic E-state index is -4.35. The zero-order chi connectivity index (χ0) is 14.9. The van der Waals surface area contributed by atoms with Crippen molar-refractivity contribution in [3.05, 3.63) is 32.5 Å². The van der Waals surface area contributed by atoms with Crippen molar-refractivity contribution in [3.8, 4) is 0 Å². The molecule has 1 amide bonds. The highest BCUT2D eigenvalue weighted by Crippen LogP contribution is 2.34. The number of nitrogens with two attached hydrogens (primary N) is 1. The van der Waals surface area contributed by atoms with E-state index in [0.717, 1.165) is 17.4 Å². The van der Waals surface area contributed by atoms with Crippen LogP contribution in [-0.2, 0) is 12.7 Å². The molecule has 0 unspecified atom stereocenters. The third kappa shape index (κ3) is 3.28. The van der Waals surface area contributed by atoms with E-state index in [1.54, 1.807) is 6.92 Å². The number of anilines is 1. The van der Waals surface area contributed by atoms with Gasteiger partial charge in [0.2, 0.25) is 0 Å². The maximum Gasteiger partial charge on any atom is 0.425 e. The standard InChI is InChI=1S/C11H10F3N3OS2/c1-5-8(20-10(15)17-5)9(18)16-3-6-2-7(19-4-6)11(12,13)14/h2,4H,3H2,1H3,(H2,15,17)(H,16,18). The number of nitrogens with one attached hydrogen (secondary N) is 1. The van der Waals surface area contributed by atoms with E-state index in [2.05, 4.69) is 10.3 Å². The number of alkyl halides is 3. The molecule has 0 bridgehead atoms. The highest BCUT2D eigenvalue weighted by Gasteiger charge is 2.32. The van der Waals surface area contributed by atoms with Gasteiger partial charge in [0.05, 0.1) is 5.69 Å². The second kappa shape index (κ2) is 5.41. The van der Waals surface area contributed by atoms with Crippen LogP contribution in [0.5, 0.6) is 0 Å². The van der Waals surface area contributed by atoms with Crippen LogP contribution in [0.3, 0.4) is 0 Å². The Balaban J connectivity index is 2.00. The Morgan fingerprint density at radius 2 is 2.20 bits per heavy atom. The fourth-order valence-corrected chi connectivity index (χ4v) is 3.04. The van der Waals surface area contributed by atoms with Crippen molar-refractivity contribution in [1.82, 2.24) is 10.3 Å². The lowest BCUT2D eigenvalue weighted by Gasteiger charge is -2.02. The smallest absolute Gasteiger partial charge is 0.375 e. The maximum atomic E-state index is 12.4. The molecule has 2 aromatic heterocycles. The quantitative estimate of drug-likeness (QED) is 0.913. The number of hydrogen-bond acceptors (Lipinski definition) is 5. The lowest BCUT2D eigenvalue weighted by atomic mass is 10.3. The molecule has 4 nitrogen and oxygen atoms in total. The molecule has 108 valence electrons. The predicted octanol–water partition coefficient (Wildman–Crippen LogP) is 3.04. The Kier molecular flexibility index (Phi) is 4.00. The Hall–Kier alpha value is -1.61. The molecule has 2 rings (SSSR count). The molecule has 9 heteroatoms. The predicted molar refractivity (Wildman–Crippen MR) is 71.8 cm³/mol. The van der Waals surface area contributed by atoms with E-state index in [0.29, 0.717) is 27.5 Å². The normalized spacial score (nSPS) is 11.6. The van der Waals surface area contributed by atoms with E-state index < -0.39 is 17.0 Å². The van der Waals surface area contributed by atoms with Crippen molar-refractivity contribution in [2.24, 2.45) is 0 Å². The molecule has 0 fully saturated rings. The van der Waals surface area contributed by atoms with Crippen molar-refractivity contribution in [2.75, 3.05) is 5.73 Å². The van der Waals surface area contributed by atoms with Crippen LogP contribution >= 0.6 is 22.7 Å². The van der Waals surface area contributed by atoms with Gasteiger partial charge in [0, 0.05) is 6.54 Å². The number of thiazole rings is 1. The Labute approximate surface area is 120 Å². The summed E-state index contributed by atoms with van der Waals surface area (Å²) in [5, 5.41) is 4.20. The third-order valence-corrected chi connectivity index (χ3v) is 4.41. The highest BCUT2D eigenvalue weighted by atomic mass is 32.1. The van der Waals surface area contributed by atoms with Crippen molar-refractivity contribution < 1.29 is 18.0 Å². The number of carbonyl (C=O) groups is 1. The zero-order valence-electron chi connectivity index (χ0n) is 10.2. The SMILES string of the molecule is Cc1nc(N)sc1C(=O)NCc1csc(C(F)(F)F)c1. The number of rotatable bonds is 3. The number of aryl methyl sites for hydroxylation is 1. The van der Waals surface area contributed by atoms with Gasteiger partial charge >= 0.3 is 6.18 Å². The Morgan fingerprint density at radius 3 is 2.70 bits per heavy atom. The molecule has 0 aliphatic rings. The molecule has 0 aliphatic heterocycles. The number of halogens is 3. The van der Waals surface area contributed by atoms with Crippen LogP contribution in [0, 0.1) is 6.92 Å². The summed E-state index contributed by atoms with van der Waals surface area (Å²) < 4.78 is 37.3. The molecule has 0 spiro atoms. The van der Waals surface area contributed by atoms with E-state index in [1.165, 1.54) is 5.38 Å². The average molecular weight is 321 g/mol. The highest BCUT2D eigenvalue weighted by molar-refractivity contribution is 7.17. The lowest BCUT2D eigenvalue weighted by Crippen LogP contribution is -2.22. The number of amides is 1.